The van der Waals surface area contributed by atoms with Crippen LogP contribution in [-0.4, -0.2) is 36.9 Å². The third-order valence-corrected chi connectivity index (χ3v) is 5.44. The lowest BCUT2D eigenvalue weighted by molar-refractivity contribution is -0.142. The smallest absolute Gasteiger partial charge is 0.306 e. The van der Waals surface area contributed by atoms with Crippen LogP contribution in [0.25, 0.3) is 0 Å². The van der Waals surface area contributed by atoms with Crippen LogP contribution >= 0.6 is 0 Å². The van der Waals surface area contributed by atoms with E-state index in [1.54, 1.807) is 12.1 Å². The molecule has 1 heterocycles. The van der Waals surface area contributed by atoms with E-state index in [0.717, 1.165) is 11.1 Å². The maximum absolute atomic E-state index is 12.3. The Morgan fingerprint density at radius 1 is 1.24 bits per heavy atom. The first-order valence-electron chi connectivity index (χ1n) is 6.87. The molecule has 1 fully saturated rings. The summed E-state index contributed by atoms with van der Waals surface area (Å²) in [5.41, 5.74) is 2.64. The predicted molar refractivity (Wildman–Crippen MR) is 80.4 cm³/mol. The summed E-state index contributed by atoms with van der Waals surface area (Å²) in [7, 11) is -3.62. The number of nitrogens with zero attached hydrogens (tertiary/aromatic N) is 1. The van der Waals surface area contributed by atoms with Gasteiger partial charge in [-0.2, -0.15) is 12.7 Å². The van der Waals surface area contributed by atoms with Crippen LogP contribution in [0, 0.1) is 19.8 Å². The number of benzene rings is 1. The molecule has 0 bridgehead atoms. The van der Waals surface area contributed by atoms with E-state index in [9.17, 15) is 13.2 Å². The van der Waals surface area contributed by atoms with Crippen molar-refractivity contribution in [2.75, 3.05) is 17.8 Å². The van der Waals surface area contributed by atoms with E-state index >= 15 is 0 Å². The first-order chi connectivity index (χ1) is 9.79. The molecule has 1 aromatic carbocycles. The fourth-order valence-corrected chi connectivity index (χ4v) is 3.61. The lowest BCUT2D eigenvalue weighted by Crippen LogP contribution is -2.42. The highest BCUT2D eigenvalue weighted by Crippen LogP contribution is 2.22. The molecule has 7 heteroatoms. The average Bonchev–Trinajstić information content (AvgIpc) is 2.43. The van der Waals surface area contributed by atoms with E-state index in [2.05, 4.69) is 4.72 Å². The van der Waals surface area contributed by atoms with Gasteiger partial charge in [0.1, 0.15) is 0 Å². The third kappa shape index (κ3) is 3.74. The maximum atomic E-state index is 12.3. The third-order valence-electron chi connectivity index (χ3n) is 3.90. The number of carboxylic acids is 1. The van der Waals surface area contributed by atoms with Crippen molar-refractivity contribution < 1.29 is 18.3 Å². The molecule has 0 atom stereocenters. The molecule has 1 saturated heterocycles. The van der Waals surface area contributed by atoms with Crippen LogP contribution in [0.3, 0.4) is 0 Å². The molecule has 1 aliphatic rings. The minimum absolute atomic E-state index is 0.233. The van der Waals surface area contributed by atoms with Gasteiger partial charge in [0.25, 0.3) is 0 Å². The second-order valence-corrected chi connectivity index (χ2v) is 7.09. The second kappa shape index (κ2) is 6.03. The van der Waals surface area contributed by atoms with Crippen molar-refractivity contribution >= 4 is 21.9 Å². The van der Waals surface area contributed by atoms with Crippen LogP contribution in [0.5, 0.6) is 0 Å². The largest absolute Gasteiger partial charge is 0.481 e. The Morgan fingerprint density at radius 2 is 1.86 bits per heavy atom. The number of aliphatic carboxylic acids is 1. The molecule has 0 unspecified atom stereocenters. The number of piperidine rings is 1. The Morgan fingerprint density at radius 3 is 2.38 bits per heavy atom. The lowest BCUT2D eigenvalue weighted by Gasteiger charge is -2.29. The van der Waals surface area contributed by atoms with E-state index in [-0.39, 0.29) is 13.1 Å². The van der Waals surface area contributed by atoms with Gasteiger partial charge in [-0.25, -0.2) is 0 Å². The molecule has 21 heavy (non-hydrogen) atoms. The monoisotopic (exact) mass is 312 g/mol. The lowest BCUT2D eigenvalue weighted by atomic mass is 9.99. The van der Waals surface area contributed by atoms with Gasteiger partial charge in [0, 0.05) is 13.1 Å². The summed E-state index contributed by atoms with van der Waals surface area (Å²) in [4.78, 5) is 10.9. The van der Waals surface area contributed by atoms with Crippen LogP contribution in [0.15, 0.2) is 18.2 Å². The average molecular weight is 312 g/mol. The van der Waals surface area contributed by atoms with Crippen molar-refractivity contribution in [2.24, 2.45) is 5.92 Å². The van der Waals surface area contributed by atoms with Crippen molar-refractivity contribution in [3.8, 4) is 0 Å². The van der Waals surface area contributed by atoms with Crippen LogP contribution in [-0.2, 0) is 15.0 Å². The van der Waals surface area contributed by atoms with Crippen LogP contribution in [0.2, 0.25) is 0 Å². The zero-order valence-electron chi connectivity index (χ0n) is 12.2. The number of hydrogen-bond donors (Lipinski definition) is 2. The molecule has 1 aliphatic heterocycles. The Hall–Kier alpha value is -1.60. The van der Waals surface area contributed by atoms with E-state index in [4.69, 9.17) is 5.11 Å². The molecule has 0 aromatic heterocycles. The minimum Gasteiger partial charge on any atom is -0.481 e. The number of carbonyl (C=O) groups is 1. The highest BCUT2D eigenvalue weighted by molar-refractivity contribution is 7.90. The number of carboxylic acid groups (broad SMARTS) is 1. The van der Waals surface area contributed by atoms with Crippen molar-refractivity contribution in [2.45, 2.75) is 26.7 Å². The predicted octanol–water partition coefficient (Wildman–Crippen LogP) is 1.76. The molecule has 0 spiro atoms. The van der Waals surface area contributed by atoms with Gasteiger partial charge in [0.05, 0.1) is 11.6 Å². The van der Waals surface area contributed by atoms with Gasteiger partial charge >= 0.3 is 16.2 Å². The molecule has 1 aromatic rings. The Kier molecular flexibility index (Phi) is 4.53. The zero-order valence-corrected chi connectivity index (χ0v) is 13.0. The van der Waals surface area contributed by atoms with Crippen LogP contribution in [0.1, 0.15) is 24.0 Å². The maximum Gasteiger partial charge on any atom is 0.306 e. The molecule has 0 saturated carbocycles. The molecule has 0 radical (unpaired) electrons. The van der Waals surface area contributed by atoms with Crippen molar-refractivity contribution in [1.29, 1.82) is 0 Å². The summed E-state index contributed by atoms with van der Waals surface area (Å²) in [5, 5.41) is 8.94. The first kappa shape index (κ1) is 15.8. The molecular formula is C14H20N2O4S. The van der Waals surface area contributed by atoms with Gasteiger partial charge in [-0.05, 0) is 49.9 Å². The van der Waals surface area contributed by atoms with E-state index in [1.807, 2.05) is 19.9 Å². The van der Waals surface area contributed by atoms with Crippen molar-refractivity contribution in [3.63, 3.8) is 0 Å². The van der Waals surface area contributed by atoms with Gasteiger partial charge in [0.2, 0.25) is 0 Å². The number of rotatable bonds is 4. The van der Waals surface area contributed by atoms with Gasteiger partial charge < -0.3 is 5.11 Å². The molecular weight excluding hydrogens is 292 g/mol. The van der Waals surface area contributed by atoms with Crippen molar-refractivity contribution in [1.82, 2.24) is 4.31 Å². The summed E-state index contributed by atoms with van der Waals surface area (Å²) in [6, 6.07) is 5.38. The summed E-state index contributed by atoms with van der Waals surface area (Å²) in [6.07, 6.45) is 0.701. The number of hydrogen-bond acceptors (Lipinski definition) is 3. The fourth-order valence-electron chi connectivity index (χ4n) is 2.36. The van der Waals surface area contributed by atoms with Crippen LogP contribution < -0.4 is 4.72 Å². The highest BCUT2D eigenvalue weighted by Gasteiger charge is 2.30. The molecule has 0 amide bonds. The second-order valence-electron chi connectivity index (χ2n) is 5.42. The topological polar surface area (TPSA) is 86.7 Å². The summed E-state index contributed by atoms with van der Waals surface area (Å²) >= 11 is 0. The van der Waals surface area contributed by atoms with Gasteiger partial charge in [-0.15, -0.1) is 0 Å². The Bertz CT molecular complexity index is 634. The normalized spacial score (nSPS) is 17.6. The highest BCUT2D eigenvalue weighted by atomic mass is 32.2. The number of nitrogens with one attached hydrogen (secondary N) is 1. The molecule has 2 N–H and O–H groups in total. The summed E-state index contributed by atoms with van der Waals surface area (Å²) in [6.45, 7) is 4.35. The van der Waals surface area contributed by atoms with E-state index < -0.39 is 22.1 Å². The number of anilines is 1. The van der Waals surface area contributed by atoms with Crippen LogP contribution in [0.4, 0.5) is 5.69 Å². The van der Waals surface area contributed by atoms with Gasteiger partial charge in [-0.1, -0.05) is 6.07 Å². The minimum atomic E-state index is -3.62. The zero-order chi connectivity index (χ0) is 15.6. The van der Waals surface area contributed by atoms with Gasteiger partial charge in [0.15, 0.2) is 0 Å². The molecule has 0 aliphatic carbocycles. The summed E-state index contributed by atoms with van der Waals surface area (Å²) in [5.74, 6) is -1.30. The fraction of sp³-hybridized carbons (Fsp3) is 0.500. The standard InChI is InChI=1S/C14H20N2O4S/c1-10-3-4-13(9-11(10)2)15-21(19,20)16-7-5-12(6-8-16)14(17)18/h3-4,9,12,15H,5-8H2,1-2H3,(H,17,18). The Labute approximate surface area is 125 Å². The molecule has 6 nitrogen and oxygen atoms in total. The molecule has 116 valence electrons. The van der Waals surface area contributed by atoms with E-state index in [1.165, 1.54) is 4.31 Å². The number of aryl methyl sites for hydroxylation is 2. The van der Waals surface area contributed by atoms with Gasteiger partial charge in [-0.3, -0.25) is 9.52 Å². The molecule has 2 rings (SSSR count). The quantitative estimate of drug-likeness (QED) is 0.887. The Balaban J connectivity index is 2.05. The van der Waals surface area contributed by atoms with E-state index in [0.29, 0.717) is 18.5 Å². The first-order valence-corrected chi connectivity index (χ1v) is 8.31. The SMILES string of the molecule is Cc1ccc(NS(=O)(=O)N2CCC(C(=O)O)CC2)cc1C. The van der Waals surface area contributed by atoms with Crippen molar-refractivity contribution in [3.05, 3.63) is 29.3 Å². The summed E-state index contributed by atoms with van der Waals surface area (Å²) < 4.78 is 28.4.